The van der Waals surface area contributed by atoms with E-state index in [2.05, 4.69) is 36.8 Å². The summed E-state index contributed by atoms with van der Waals surface area (Å²) in [6.07, 6.45) is 0.302. The molecule has 0 fully saturated rings. The second-order valence-corrected chi connectivity index (χ2v) is 9.03. The number of carbonyl (C=O) groups excluding carboxylic acids is 2. The third kappa shape index (κ3) is 6.09. The number of amides is 2. The smallest absolute Gasteiger partial charge is 0.251 e. The van der Waals surface area contributed by atoms with Crippen LogP contribution in [-0.4, -0.2) is 28.1 Å². The monoisotopic (exact) mass is 524 g/mol. The lowest BCUT2D eigenvalue weighted by molar-refractivity contribution is -0.118. The highest BCUT2D eigenvalue weighted by molar-refractivity contribution is 9.10. The second-order valence-electron chi connectivity index (χ2n) is 7.13. The van der Waals surface area contributed by atoms with Gasteiger partial charge in [0.25, 0.3) is 5.91 Å². The molecule has 1 aromatic heterocycles. The van der Waals surface area contributed by atoms with Gasteiger partial charge in [0.15, 0.2) is 0 Å². The van der Waals surface area contributed by atoms with E-state index in [1.165, 1.54) is 23.5 Å². The van der Waals surface area contributed by atoms with Gasteiger partial charge < -0.3 is 5.32 Å². The molecule has 2 amide bonds. The second kappa shape index (κ2) is 10.5. The summed E-state index contributed by atoms with van der Waals surface area (Å²) in [5.74, 6) is -1.12. The first-order chi connectivity index (χ1) is 16.0. The van der Waals surface area contributed by atoms with Crippen LogP contribution in [0.5, 0.6) is 0 Å². The molecule has 0 aliphatic rings. The number of rotatable bonds is 7. The number of hydrogen-bond donors (Lipinski definition) is 2. The molecule has 0 aliphatic carbocycles. The highest BCUT2D eigenvalue weighted by Crippen LogP contribution is 2.26. The summed E-state index contributed by atoms with van der Waals surface area (Å²) in [4.78, 5) is 25.9. The minimum absolute atomic E-state index is 0.286. The van der Waals surface area contributed by atoms with Gasteiger partial charge in [0.1, 0.15) is 16.9 Å². The van der Waals surface area contributed by atoms with Gasteiger partial charge in [-0.3, -0.25) is 14.9 Å². The lowest BCUT2D eigenvalue weighted by atomic mass is 10.0. The number of anilines is 1. The number of aromatic nitrogens is 2. The summed E-state index contributed by atoms with van der Waals surface area (Å²) in [6.45, 7) is 0. The first-order valence-corrected chi connectivity index (χ1v) is 11.6. The molecule has 0 aliphatic heterocycles. The molecule has 3 aromatic carbocycles. The fourth-order valence-electron chi connectivity index (χ4n) is 3.11. The minimum atomic E-state index is -0.836. The van der Waals surface area contributed by atoms with Gasteiger partial charge in [0.05, 0.1) is 0 Å². The van der Waals surface area contributed by atoms with E-state index in [9.17, 15) is 14.0 Å². The quantitative estimate of drug-likeness (QED) is 0.352. The molecule has 9 heteroatoms. The van der Waals surface area contributed by atoms with Crippen LogP contribution in [-0.2, 0) is 11.2 Å². The number of halogens is 2. The molecule has 0 saturated carbocycles. The lowest BCUT2D eigenvalue weighted by Gasteiger charge is -2.18. The summed E-state index contributed by atoms with van der Waals surface area (Å²) >= 11 is 4.52. The molecule has 1 heterocycles. The molecule has 2 N–H and O–H groups in total. The van der Waals surface area contributed by atoms with Crippen molar-refractivity contribution in [1.29, 1.82) is 0 Å². The number of nitrogens with zero attached hydrogens (tertiary/aromatic N) is 2. The van der Waals surface area contributed by atoms with Crippen molar-refractivity contribution in [3.8, 4) is 10.6 Å². The molecule has 6 nitrogen and oxygen atoms in total. The fraction of sp³-hybridized carbons (Fsp3) is 0.0833. The van der Waals surface area contributed by atoms with E-state index in [1.807, 2.05) is 36.4 Å². The Morgan fingerprint density at radius 1 is 0.970 bits per heavy atom. The number of nitrogens with one attached hydrogen (secondary N) is 2. The summed E-state index contributed by atoms with van der Waals surface area (Å²) in [7, 11) is 0. The summed E-state index contributed by atoms with van der Waals surface area (Å²) in [5.41, 5.74) is 2.03. The van der Waals surface area contributed by atoms with Crippen LogP contribution in [0, 0.1) is 5.82 Å². The molecule has 4 aromatic rings. The maximum absolute atomic E-state index is 13.2. The SMILES string of the molecule is O=C(N[C@@H](Cc1ccccc1)C(=O)Nc1nnc(-c2ccc(F)cc2)s1)c1cccc(Br)c1. The lowest BCUT2D eigenvalue weighted by Crippen LogP contribution is -2.45. The van der Waals surface area contributed by atoms with Gasteiger partial charge >= 0.3 is 0 Å². The van der Waals surface area contributed by atoms with Crippen LogP contribution in [0.15, 0.2) is 83.3 Å². The molecular formula is C24H18BrFN4O2S. The Morgan fingerprint density at radius 3 is 2.45 bits per heavy atom. The zero-order chi connectivity index (χ0) is 23.2. The molecule has 0 spiro atoms. The Bertz CT molecular complexity index is 1260. The average Bonchev–Trinajstić information content (AvgIpc) is 3.28. The molecule has 4 rings (SSSR count). The van der Waals surface area contributed by atoms with Gasteiger partial charge in [-0.2, -0.15) is 0 Å². The van der Waals surface area contributed by atoms with Gasteiger partial charge in [-0.25, -0.2) is 4.39 Å². The van der Waals surface area contributed by atoms with Crippen LogP contribution < -0.4 is 10.6 Å². The maximum atomic E-state index is 13.2. The third-order valence-electron chi connectivity index (χ3n) is 4.74. The Kier molecular flexibility index (Phi) is 7.21. The normalized spacial score (nSPS) is 11.6. The Labute approximate surface area is 202 Å². The Balaban J connectivity index is 1.51. The zero-order valence-electron chi connectivity index (χ0n) is 17.2. The van der Waals surface area contributed by atoms with Crippen molar-refractivity contribution in [3.63, 3.8) is 0 Å². The average molecular weight is 525 g/mol. The van der Waals surface area contributed by atoms with Crippen molar-refractivity contribution >= 4 is 44.2 Å². The number of hydrogen-bond acceptors (Lipinski definition) is 5. The van der Waals surface area contributed by atoms with Crippen molar-refractivity contribution in [2.24, 2.45) is 0 Å². The van der Waals surface area contributed by atoms with Crippen LogP contribution in [0.2, 0.25) is 0 Å². The maximum Gasteiger partial charge on any atom is 0.251 e. The molecule has 0 bridgehead atoms. The molecule has 166 valence electrons. The van der Waals surface area contributed by atoms with Gasteiger partial charge in [0, 0.05) is 22.0 Å². The number of benzene rings is 3. The molecule has 0 unspecified atom stereocenters. The molecule has 0 radical (unpaired) electrons. The Morgan fingerprint density at radius 2 is 1.73 bits per heavy atom. The minimum Gasteiger partial charge on any atom is -0.340 e. The van der Waals surface area contributed by atoms with Gasteiger partial charge in [-0.05, 0) is 48.0 Å². The topological polar surface area (TPSA) is 84.0 Å². The van der Waals surface area contributed by atoms with Crippen molar-refractivity contribution in [2.75, 3.05) is 5.32 Å². The van der Waals surface area contributed by atoms with E-state index in [4.69, 9.17) is 0 Å². The molecular weight excluding hydrogens is 507 g/mol. The third-order valence-corrected chi connectivity index (χ3v) is 6.12. The predicted molar refractivity (Wildman–Crippen MR) is 129 cm³/mol. The van der Waals surface area contributed by atoms with Gasteiger partial charge in [-0.15, -0.1) is 10.2 Å². The van der Waals surface area contributed by atoms with E-state index in [-0.39, 0.29) is 16.9 Å². The van der Waals surface area contributed by atoms with E-state index in [0.717, 1.165) is 10.0 Å². The molecule has 0 saturated heterocycles. The number of carbonyl (C=O) groups is 2. The standard InChI is InChI=1S/C24H18BrFN4O2S/c25-18-8-4-7-17(14-18)21(31)27-20(13-15-5-2-1-3-6-15)22(32)28-24-30-29-23(33-24)16-9-11-19(26)12-10-16/h1-12,14,20H,13H2,(H,27,31)(H,28,30,32)/t20-/m0/s1. The highest BCUT2D eigenvalue weighted by atomic mass is 79.9. The zero-order valence-corrected chi connectivity index (χ0v) is 19.6. The van der Waals surface area contributed by atoms with E-state index in [0.29, 0.717) is 22.6 Å². The Hall–Kier alpha value is -3.43. The fourth-order valence-corrected chi connectivity index (χ4v) is 4.26. The van der Waals surface area contributed by atoms with Crippen molar-refractivity contribution in [2.45, 2.75) is 12.5 Å². The van der Waals surface area contributed by atoms with Crippen LogP contribution in [0.25, 0.3) is 10.6 Å². The van der Waals surface area contributed by atoms with Crippen LogP contribution in [0.3, 0.4) is 0 Å². The predicted octanol–water partition coefficient (Wildman–Crippen LogP) is 5.09. The van der Waals surface area contributed by atoms with Crippen LogP contribution >= 0.6 is 27.3 Å². The van der Waals surface area contributed by atoms with Crippen molar-refractivity contribution in [3.05, 3.63) is 100 Å². The summed E-state index contributed by atoms with van der Waals surface area (Å²) in [6, 6.07) is 21.4. The largest absolute Gasteiger partial charge is 0.340 e. The summed E-state index contributed by atoms with van der Waals surface area (Å²) in [5, 5.41) is 14.5. The van der Waals surface area contributed by atoms with Crippen molar-refractivity contribution in [1.82, 2.24) is 15.5 Å². The molecule has 1 atom stereocenters. The first-order valence-electron chi connectivity index (χ1n) is 9.98. The highest BCUT2D eigenvalue weighted by Gasteiger charge is 2.23. The summed E-state index contributed by atoms with van der Waals surface area (Å²) < 4.78 is 13.9. The van der Waals surface area contributed by atoms with E-state index in [1.54, 1.807) is 30.3 Å². The van der Waals surface area contributed by atoms with Crippen LogP contribution in [0.1, 0.15) is 15.9 Å². The first kappa shape index (κ1) is 22.8. The van der Waals surface area contributed by atoms with Crippen molar-refractivity contribution < 1.29 is 14.0 Å². The van der Waals surface area contributed by atoms with E-state index >= 15 is 0 Å². The van der Waals surface area contributed by atoms with Gasteiger partial charge in [0.2, 0.25) is 11.0 Å². The van der Waals surface area contributed by atoms with Gasteiger partial charge in [-0.1, -0.05) is 63.7 Å². The molecule has 33 heavy (non-hydrogen) atoms. The van der Waals surface area contributed by atoms with Crippen LogP contribution in [0.4, 0.5) is 9.52 Å². The van der Waals surface area contributed by atoms with E-state index < -0.39 is 11.9 Å².